The van der Waals surface area contributed by atoms with Crippen LogP contribution in [0.2, 0.25) is 0 Å². The molecule has 1 aromatic carbocycles. The van der Waals surface area contributed by atoms with Gasteiger partial charge in [0, 0.05) is 6.54 Å². The molecule has 1 aromatic rings. The van der Waals surface area contributed by atoms with Crippen LogP contribution in [0.5, 0.6) is 0 Å². The van der Waals surface area contributed by atoms with Gasteiger partial charge in [-0.1, -0.05) is 44.2 Å². The number of nitrogens with two attached hydrogens (primary N) is 1. The molecule has 0 bridgehead atoms. The second kappa shape index (κ2) is 6.80. The average molecular weight is 315 g/mol. The number of benzene rings is 1. The highest BCUT2D eigenvalue weighted by atomic mass is 16.7. The summed E-state index contributed by atoms with van der Waals surface area (Å²) in [4.78, 5) is 0. The second-order valence-electron chi connectivity index (χ2n) is 7.85. The van der Waals surface area contributed by atoms with Crippen LogP contribution in [0, 0.1) is 5.92 Å². The molecule has 0 radical (unpaired) electrons. The second-order valence-corrected chi connectivity index (χ2v) is 7.85. The molecular formula is C19H30BNO2. The predicted molar refractivity (Wildman–Crippen MR) is 98.1 cm³/mol. The molecule has 3 nitrogen and oxygen atoms in total. The summed E-state index contributed by atoms with van der Waals surface area (Å²) >= 11 is 0. The van der Waals surface area contributed by atoms with E-state index in [1.54, 1.807) is 0 Å². The Morgan fingerprint density at radius 2 is 1.61 bits per heavy atom. The van der Waals surface area contributed by atoms with E-state index in [2.05, 4.69) is 71.9 Å². The van der Waals surface area contributed by atoms with Gasteiger partial charge in [0.05, 0.1) is 11.2 Å². The minimum absolute atomic E-state index is 0.340. The van der Waals surface area contributed by atoms with Crippen molar-refractivity contribution in [2.75, 3.05) is 6.54 Å². The molecule has 0 amide bonds. The molecule has 0 aromatic heterocycles. The van der Waals surface area contributed by atoms with Crippen molar-refractivity contribution in [1.82, 2.24) is 0 Å². The van der Waals surface area contributed by atoms with Crippen LogP contribution in [-0.4, -0.2) is 24.9 Å². The summed E-state index contributed by atoms with van der Waals surface area (Å²) in [6.45, 7) is 13.1. The number of hydrogen-bond acceptors (Lipinski definition) is 3. The van der Waals surface area contributed by atoms with Crippen molar-refractivity contribution < 1.29 is 9.31 Å². The van der Waals surface area contributed by atoms with E-state index < -0.39 is 0 Å². The zero-order chi connectivity index (χ0) is 17.3. The normalized spacial score (nSPS) is 20.3. The van der Waals surface area contributed by atoms with E-state index in [0.29, 0.717) is 12.5 Å². The standard InChI is InChI=1S/C19H30BNO2/c1-14(2)11-15-7-9-16(10-8-15)12-17(13-21)20-22-18(3,4)19(5,6)23-20/h7-10,12,14H,11,13,21H2,1-6H3. The van der Waals surface area contributed by atoms with Crippen molar-refractivity contribution in [3.05, 3.63) is 40.9 Å². The van der Waals surface area contributed by atoms with Crippen LogP contribution in [0.4, 0.5) is 0 Å². The molecule has 0 atom stereocenters. The third-order valence-electron chi connectivity index (χ3n) is 4.77. The zero-order valence-electron chi connectivity index (χ0n) is 15.3. The van der Waals surface area contributed by atoms with Crippen LogP contribution in [0.1, 0.15) is 52.7 Å². The molecule has 2 rings (SSSR count). The fraction of sp³-hybridized carbons (Fsp3) is 0.579. The number of rotatable bonds is 5. The van der Waals surface area contributed by atoms with Gasteiger partial charge in [-0.25, -0.2) is 0 Å². The van der Waals surface area contributed by atoms with Crippen LogP contribution < -0.4 is 5.73 Å². The van der Waals surface area contributed by atoms with Crippen LogP contribution in [0.25, 0.3) is 6.08 Å². The highest BCUT2D eigenvalue weighted by Crippen LogP contribution is 2.38. The van der Waals surface area contributed by atoms with Crippen LogP contribution in [0.3, 0.4) is 0 Å². The third-order valence-corrected chi connectivity index (χ3v) is 4.77. The smallest absolute Gasteiger partial charge is 0.400 e. The molecule has 126 valence electrons. The molecule has 1 aliphatic heterocycles. The lowest BCUT2D eigenvalue weighted by Crippen LogP contribution is -2.41. The van der Waals surface area contributed by atoms with Gasteiger partial charge >= 0.3 is 7.12 Å². The van der Waals surface area contributed by atoms with Gasteiger partial charge in [0.15, 0.2) is 0 Å². The maximum Gasteiger partial charge on any atom is 0.491 e. The quantitative estimate of drug-likeness (QED) is 0.839. The minimum atomic E-state index is -0.375. The van der Waals surface area contributed by atoms with E-state index in [1.807, 2.05) is 0 Å². The van der Waals surface area contributed by atoms with Gasteiger partial charge < -0.3 is 15.0 Å². The third kappa shape index (κ3) is 4.25. The van der Waals surface area contributed by atoms with Gasteiger partial charge in [-0.3, -0.25) is 0 Å². The van der Waals surface area contributed by atoms with Crippen molar-refractivity contribution in [2.45, 2.75) is 59.2 Å². The van der Waals surface area contributed by atoms with E-state index in [9.17, 15) is 0 Å². The molecule has 1 heterocycles. The highest BCUT2D eigenvalue weighted by Gasteiger charge is 2.52. The summed E-state index contributed by atoms with van der Waals surface area (Å²) in [5.41, 5.74) is 8.73. The Morgan fingerprint density at radius 3 is 2.04 bits per heavy atom. The molecule has 23 heavy (non-hydrogen) atoms. The monoisotopic (exact) mass is 315 g/mol. The van der Waals surface area contributed by atoms with Crippen molar-refractivity contribution in [3.8, 4) is 0 Å². The van der Waals surface area contributed by atoms with E-state index in [-0.39, 0.29) is 18.3 Å². The highest BCUT2D eigenvalue weighted by molar-refractivity contribution is 6.55. The molecular weight excluding hydrogens is 285 g/mol. The first-order chi connectivity index (χ1) is 10.6. The summed E-state index contributed by atoms with van der Waals surface area (Å²) in [6.07, 6.45) is 3.19. The van der Waals surface area contributed by atoms with Gasteiger partial charge in [0.2, 0.25) is 0 Å². The lowest BCUT2D eigenvalue weighted by Gasteiger charge is -2.32. The minimum Gasteiger partial charge on any atom is -0.400 e. The average Bonchev–Trinajstić information content (AvgIpc) is 2.66. The molecule has 0 spiro atoms. The van der Waals surface area contributed by atoms with E-state index in [4.69, 9.17) is 15.0 Å². The number of hydrogen-bond donors (Lipinski definition) is 1. The Bertz CT molecular complexity index is 545. The molecule has 1 saturated heterocycles. The summed E-state index contributed by atoms with van der Waals surface area (Å²) < 4.78 is 12.2. The summed E-state index contributed by atoms with van der Waals surface area (Å²) in [5.74, 6) is 0.667. The van der Waals surface area contributed by atoms with Crippen LogP contribution in [-0.2, 0) is 15.7 Å². The fourth-order valence-electron chi connectivity index (χ4n) is 2.65. The van der Waals surface area contributed by atoms with Gasteiger partial charge in [0.25, 0.3) is 0 Å². The Hall–Kier alpha value is -1.10. The molecule has 4 heteroatoms. The molecule has 0 unspecified atom stereocenters. The summed E-state index contributed by atoms with van der Waals surface area (Å²) in [6, 6.07) is 8.64. The first-order valence-electron chi connectivity index (χ1n) is 8.50. The van der Waals surface area contributed by atoms with Crippen LogP contribution >= 0.6 is 0 Å². The topological polar surface area (TPSA) is 44.5 Å². The summed E-state index contributed by atoms with van der Waals surface area (Å²) in [7, 11) is -0.375. The zero-order valence-corrected chi connectivity index (χ0v) is 15.3. The molecule has 2 N–H and O–H groups in total. The van der Waals surface area contributed by atoms with Gasteiger partial charge in [0.1, 0.15) is 0 Å². The SMILES string of the molecule is CC(C)Cc1ccc(C=C(CN)B2OC(C)(C)C(C)(C)O2)cc1. The van der Waals surface area contributed by atoms with E-state index in [1.165, 1.54) is 5.56 Å². The van der Waals surface area contributed by atoms with Gasteiger partial charge in [-0.2, -0.15) is 0 Å². The van der Waals surface area contributed by atoms with E-state index in [0.717, 1.165) is 17.5 Å². The van der Waals surface area contributed by atoms with Gasteiger partial charge in [-0.15, -0.1) is 0 Å². The maximum atomic E-state index is 6.10. The first-order valence-corrected chi connectivity index (χ1v) is 8.50. The Kier molecular flexibility index (Phi) is 5.39. The lowest BCUT2D eigenvalue weighted by molar-refractivity contribution is 0.00578. The van der Waals surface area contributed by atoms with Crippen molar-refractivity contribution in [3.63, 3.8) is 0 Å². The maximum absolute atomic E-state index is 6.10. The van der Waals surface area contributed by atoms with Crippen molar-refractivity contribution >= 4 is 13.2 Å². The molecule has 1 fully saturated rings. The molecule has 0 aliphatic carbocycles. The van der Waals surface area contributed by atoms with Gasteiger partial charge in [-0.05, 0) is 56.6 Å². The van der Waals surface area contributed by atoms with E-state index >= 15 is 0 Å². The largest absolute Gasteiger partial charge is 0.491 e. The van der Waals surface area contributed by atoms with Crippen molar-refractivity contribution in [1.29, 1.82) is 0 Å². The molecule has 0 saturated carbocycles. The molecule has 1 aliphatic rings. The van der Waals surface area contributed by atoms with Crippen molar-refractivity contribution in [2.24, 2.45) is 11.7 Å². The Balaban J connectivity index is 2.16. The first kappa shape index (κ1) is 18.2. The lowest BCUT2D eigenvalue weighted by atomic mass is 9.77. The Labute approximate surface area is 141 Å². The Morgan fingerprint density at radius 1 is 1.09 bits per heavy atom. The van der Waals surface area contributed by atoms with Crippen LogP contribution in [0.15, 0.2) is 29.7 Å². The summed E-state index contributed by atoms with van der Waals surface area (Å²) in [5, 5.41) is 0. The fourth-order valence-corrected chi connectivity index (χ4v) is 2.65. The predicted octanol–water partition coefficient (Wildman–Crippen LogP) is 3.86.